The minimum Gasteiger partial charge on any atom is -0.452 e. The molecule has 0 bridgehead atoms. The van der Waals surface area contributed by atoms with Crippen LogP contribution in [0.3, 0.4) is 0 Å². The first-order chi connectivity index (χ1) is 17.0. The molecule has 0 saturated heterocycles. The Morgan fingerprint density at radius 2 is 1.77 bits per heavy atom. The monoisotopic (exact) mass is 472 g/mol. The largest absolute Gasteiger partial charge is 0.452 e. The number of hydrogen-bond acceptors (Lipinski definition) is 6. The number of carbonyl (C=O) groups excluding carboxylic acids is 3. The highest BCUT2D eigenvalue weighted by Crippen LogP contribution is 2.18. The third-order valence-corrected chi connectivity index (χ3v) is 5.17. The van der Waals surface area contributed by atoms with Gasteiger partial charge in [0.1, 0.15) is 5.76 Å². The van der Waals surface area contributed by atoms with Gasteiger partial charge in [0.2, 0.25) is 5.76 Å². The SMILES string of the molecule is CC(NC(=O)c1ccccc1NC(=O)COC(=O)c1ccc(Cn2cccn2)o1)c1ccccc1. The lowest BCUT2D eigenvalue weighted by Crippen LogP contribution is -2.28. The van der Waals surface area contributed by atoms with Gasteiger partial charge >= 0.3 is 5.97 Å². The van der Waals surface area contributed by atoms with Gasteiger partial charge in [0, 0.05) is 12.4 Å². The maximum atomic E-state index is 12.8. The van der Waals surface area contributed by atoms with Crippen molar-refractivity contribution in [2.45, 2.75) is 19.5 Å². The van der Waals surface area contributed by atoms with Crippen LogP contribution in [0, 0.1) is 0 Å². The first-order valence-corrected chi connectivity index (χ1v) is 11.0. The second-order valence-corrected chi connectivity index (χ2v) is 7.75. The fourth-order valence-electron chi connectivity index (χ4n) is 3.40. The lowest BCUT2D eigenvalue weighted by Gasteiger charge is -2.16. The van der Waals surface area contributed by atoms with Crippen LogP contribution in [0.2, 0.25) is 0 Å². The van der Waals surface area contributed by atoms with Gasteiger partial charge in [-0.3, -0.25) is 14.3 Å². The van der Waals surface area contributed by atoms with Gasteiger partial charge in [0.25, 0.3) is 11.8 Å². The molecule has 2 heterocycles. The number of aromatic nitrogens is 2. The van der Waals surface area contributed by atoms with E-state index in [0.29, 0.717) is 23.6 Å². The van der Waals surface area contributed by atoms with E-state index in [2.05, 4.69) is 15.7 Å². The van der Waals surface area contributed by atoms with E-state index in [1.165, 1.54) is 6.07 Å². The summed E-state index contributed by atoms with van der Waals surface area (Å²) in [6.45, 7) is 1.70. The Morgan fingerprint density at radius 1 is 1.00 bits per heavy atom. The van der Waals surface area contributed by atoms with E-state index >= 15 is 0 Å². The van der Waals surface area contributed by atoms with Gasteiger partial charge in [-0.1, -0.05) is 42.5 Å². The van der Waals surface area contributed by atoms with Crippen LogP contribution >= 0.6 is 0 Å². The molecule has 0 radical (unpaired) electrons. The summed E-state index contributed by atoms with van der Waals surface area (Å²) >= 11 is 0. The second-order valence-electron chi connectivity index (χ2n) is 7.75. The fourth-order valence-corrected chi connectivity index (χ4v) is 3.40. The molecule has 2 amide bonds. The molecule has 1 atom stereocenters. The second kappa shape index (κ2) is 11.0. The molecule has 178 valence electrons. The van der Waals surface area contributed by atoms with Gasteiger partial charge in [0.05, 0.1) is 23.8 Å². The number of benzene rings is 2. The maximum Gasteiger partial charge on any atom is 0.374 e. The molecule has 0 aliphatic carbocycles. The summed E-state index contributed by atoms with van der Waals surface area (Å²) in [5, 5.41) is 9.62. The first kappa shape index (κ1) is 23.5. The van der Waals surface area contributed by atoms with E-state index in [4.69, 9.17) is 9.15 Å². The van der Waals surface area contributed by atoms with Gasteiger partial charge in [-0.05, 0) is 42.8 Å². The average Bonchev–Trinajstić information content (AvgIpc) is 3.56. The predicted octanol–water partition coefficient (Wildman–Crippen LogP) is 3.81. The summed E-state index contributed by atoms with van der Waals surface area (Å²) in [6.07, 6.45) is 3.41. The van der Waals surface area contributed by atoms with E-state index in [0.717, 1.165) is 5.56 Å². The Labute approximate surface area is 201 Å². The van der Waals surface area contributed by atoms with E-state index in [1.807, 2.05) is 37.3 Å². The third-order valence-electron chi connectivity index (χ3n) is 5.17. The Bertz CT molecular complexity index is 1300. The third kappa shape index (κ3) is 6.23. The Kier molecular flexibility index (Phi) is 7.37. The number of carbonyl (C=O) groups is 3. The number of nitrogens with zero attached hydrogens (tertiary/aromatic N) is 2. The van der Waals surface area contributed by atoms with Crippen LogP contribution in [0.15, 0.2) is 89.6 Å². The van der Waals surface area contributed by atoms with Crippen molar-refractivity contribution in [2.75, 3.05) is 11.9 Å². The van der Waals surface area contributed by atoms with Crippen LogP contribution in [0.5, 0.6) is 0 Å². The molecule has 35 heavy (non-hydrogen) atoms. The number of amides is 2. The highest BCUT2D eigenvalue weighted by molar-refractivity contribution is 6.04. The summed E-state index contributed by atoms with van der Waals surface area (Å²) in [6, 6.07) is 20.8. The first-order valence-electron chi connectivity index (χ1n) is 11.0. The van der Waals surface area contributed by atoms with Gasteiger partial charge in [-0.25, -0.2) is 4.79 Å². The van der Waals surface area contributed by atoms with Crippen molar-refractivity contribution in [3.8, 4) is 0 Å². The van der Waals surface area contributed by atoms with E-state index in [-0.39, 0.29) is 17.7 Å². The van der Waals surface area contributed by atoms with Crippen LogP contribution in [0.4, 0.5) is 5.69 Å². The molecular weight excluding hydrogens is 448 g/mol. The number of hydrogen-bond donors (Lipinski definition) is 2. The van der Waals surface area contributed by atoms with E-state index in [9.17, 15) is 14.4 Å². The molecule has 2 aromatic carbocycles. The van der Waals surface area contributed by atoms with Gasteiger partial charge in [-0.15, -0.1) is 0 Å². The van der Waals surface area contributed by atoms with Crippen molar-refractivity contribution >= 4 is 23.5 Å². The molecule has 4 rings (SSSR count). The van der Waals surface area contributed by atoms with Crippen molar-refractivity contribution in [2.24, 2.45) is 0 Å². The molecule has 0 aliphatic heterocycles. The Balaban J connectivity index is 1.32. The highest BCUT2D eigenvalue weighted by Gasteiger charge is 2.18. The molecule has 0 fully saturated rings. The van der Waals surface area contributed by atoms with Crippen LogP contribution < -0.4 is 10.6 Å². The van der Waals surface area contributed by atoms with E-state index in [1.54, 1.807) is 53.5 Å². The minimum atomic E-state index is -0.769. The Hall–Kier alpha value is -4.66. The summed E-state index contributed by atoms with van der Waals surface area (Å²) in [7, 11) is 0. The summed E-state index contributed by atoms with van der Waals surface area (Å²) < 4.78 is 12.2. The molecule has 2 aromatic heterocycles. The van der Waals surface area contributed by atoms with Crippen LogP contribution in [-0.4, -0.2) is 34.2 Å². The zero-order valence-electron chi connectivity index (χ0n) is 19.0. The maximum absolute atomic E-state index is 12.8. The number of ether oxygens (including phenoxy) is 1. The predicted molar refractivity (Wildman–Crippen MR) is 128 cm³/mol. The lowest BCUT2D eigenvalue weighted by atomic mass is 10.1. The van der Waals surface area contributed by atoms with Gasteiger partial charge in [-0.2, -0.15) is 5.10 Å². The summed E-state index contributed by atoms with van der Waals surface area (Å²) in [4.78, 5) is 37.5. The fraction of sp³-hybridized carbons (Fsp3) is 0.154. The zero-order valence-corrected chi connectivity index (χ0v) is 19.0. The van der Waals surface area contributed by atoms with Crippen LogP contribution in [0.1, 0.15) is 45.2 Å². The summed E-state index contributed by atoms with van der Waals surface area (Å²) in [5.74, 6) is -1.19. The smallest absolute Gasteiger partial charge is 0.374 e. The van der Waals surface area contributed by atoms with Crippen molar-refractivity contribution < 1.29 is 23.5 Å². The number of rotatable bonds is 9. The molecule has 4 aromatic rings. The number of anilines is 1. The normalized spacial score (nSPS) is 11.5. The van der Waals surface area contributed by atoms with Crippen LogP contribution in [-0.2, 0) is 16.1 Å². The molecule has 2 N–H and O–H groups in total. The lowest BCUT2D eigenvalue weighted by molar-refractivity contribution is -0.119. The van der Waals surface area contributed by atoms with Crippen molar-refractivity contribution in [3.63, 3.8) is 0 Å². The Morgan fingerprint density at radius 3 is 2.54 bits per heavy atom. The quantitative estimate of drug-likeness (QED) is 0.358. The highest BCUT2D eigenvalue weighted by atomic mass is 16.5. The minimum absolute atomic E-state index is 0.0189. The van der Waals surface area contributed by atoms with Crippen molar-refractivity contribution in [1.29, 1.82) is 0 Å². The number of nitrogens with one attached hydrogen (secondary N) is 2. The van der Waals surface area contributed by atoms with Crippen LogP contribution in [0.25, 0.3) is 0 Å². The molecule has 0 aliphatic rings. The van der Waals surface area contributed by atoms with Gasteiger partial charge < -0.3 is 19.8 Å². The molecule has 0 saturated carbocycles. The zero-order chi connectivity index (χ0) is 24.6. The molecule has 9 nitrogen and oxygen atoms in total. The summed E-state index contributed by atoms with van der Waals surface area (Å²) in [5.41, 5.74) is 1.56. The molecule has 9 heteroatoms. The van der Waals surface area contributed by atoms with Crippen molar-refractivity contribution in [1.82, 2.24) is 15.1 Å². The average molecular weight is 473 g/mol. The number of para-hydroxylation sites is 1. The number of furan rings is 1. The van der Waals surface area contributed by atoms with Gasteiger partial charge in [0.15, 0.2) is 6.61 Å². The van der Waals surface area contributed by atoms with Crippen molar-refractivity contribution in [3.05, 3.63) is 108 Å². The standard InChI is InChI=1S/C26H24N4O5/c1-18(19-8-3-2-4-9-19)28-25(32)21-10-5-6-11-22(21)29-24(31)17-34-26(33)23-13-12-20(35-23)16-30-15-7-14-27-30/h2-15,18H,16-17H2,1H3,(H,28,32)(H,29,31). The molecular formula is C26H24N4O5. The molecule has 0 spiro atoms. The number of esters is 1. The van der Waals surface area contributed by atoms with E-state index < -0.39 is 18.5 Å². The topological polar surface area (TPSA) is 115 Å². The molecule has 1 unspecified atom stereocenters.